The third kappa shape index (κ3) is 2.24. The van der Waals surface area contributed by atoms with E-state index >= 15 is 0 Å². The molecular formula is C15H13NO5. The highest BCUT2D eigenvalue weighted by molar-refractivity contribution is 6.08. The van der Waals surface area contributed by atoms with Crippen LogP contribution in [-0.4, -0.2) is 30.1 Å². The minimum absolute atomic E-state index is 0.0494. The van der Waals surface area contributed by atoms with E-state index in [1.54, 1.807) is 25.1 Å². The number of para-hydroxylation sites is 1. The monoisotopic (exact) mass is 287 g/mol. The van der Waals surface area contributed by atoms with Gasteiger partial charge >= 0.3 is 5.97 Å². The van der Waals surface area contributed by atoms with Gasteiger partial charge in [-0.2, -0.15) is 0 Å². The molecule has 0 radical (unpaired) electrons. The van der Waals surface area contributed by atoms with Crippen molar-refractivity contribution < 1.29 is 23.8 Å². The predicted octanol–water partition coefficient (Wildman–Crippen LogP) is 2.33. The highest BCUT2D eigenvalue weighted by Gasteiger charge is 2.28. The Balaban J connectivity index is 2.03. The summed E-state index contributed by atoms with van der Waals surface area (Å²) in [5, 5.41) is 9.19. The summed E-state index contributed by atoms with van der Waals surface area (Å²) in [5.41, 5.74) is 0.944. The van der Waals surface area contributed by atoms with Gasteiger partial charge in [-0.05, 0) is 25.1 Å². The van der Waals surface area contributed by atoms with Crippen LogP contribution in [0.25, 0.3) is 0 Å². The molecule has 0 spiro atoms. The Morgan fingerprint density at radius 1 is 1.33 bits per heavy atom. The fraction of sp³-hybridized carbons (Fsp3) is 0.200. The second kappa shape index (κ2) is 4.97. The first-order chi connectivity index (χ1) is 10.1. The van der Waals surface area contributed by atoms with Crippen molar-refractivity contribution in [3.63, 3.8) is 0 Å². The molecule has 2 aromatic rings. The van der Waals surface area contributed by atoms with Gasteiger partial charge < -0.3 is 19.2 Å². The molecule has 2 heterocycles. The molecule has 1 aliphatic rings. The number of carbonyl (C=O) groups is 2. The number of rotatable bonds is 2. The van der Waals surface area contributed by atoms with Crippen molar-refractivity contribution in [2.75, 3.05) is 18.1 Å². The van der Waals surface area contributed by atoms with Crippen molar-refractivity contribution >= 4 is 17.6 Å². The first kappa shape index (κ1) is 13.2. The lowest BCUT2D eigenvalue weighted by Gasteiger charge is -2.30. The molecule has 6 nitrogen and oxygen atoms in total. The Hall–Kier alpha value is -2.76. The van der Waals surface area contributed by atoms with E-state index in [9.17, 15) is 14.7 Å². The molecule has 1 aromatic heterocycles. The van der Waals surface area contributed by atoms with Crippen molar-refractivity contribution in [3.8, 4) is 5.75 Å². The lowest BCUT2D eigenvalue weighted by atomic mass is 10.1. The van der Waals surface area contributed by atoms with E-state index in [2.05, 4.69) is 0 Å². The summed E-state index contributed by atoms with van der Waals surface area (Å²) < 4.78 is 10.6. The topological polar surface area (TPSA) is 80.0 Å². The highest BCUT2D eigenvalue weighted by Crippen LogP contribution is 2.35. The summed E-state index contributed by atoms with van der Waals surface area (Å²) in [6.45, 7) is 2.37. The summed E-state index contributed by atoms with van der Waals surface area (Å²) >= 11 is 0. The van der Waals surface area contributed by atoms with Gasteiger partial charge in [0.2, 0.25) is 0 Å². The number of nitrogens with zero attached hydrogens (tertiary/aromatic N) is 1. The van der Waals surface area contributed by atoms with E-state index in [4.69, 9.17) is 9.15 Å². The molecule has 1 amide bonds. The van der Waals surface area contributed by atoms with Crippen molar-refractivity contribution in [2.45, 2.75) is 6.92 Å². The lowest BCUT2D eigenvalue weighted by molar-refractivity contribution is 0.0690. The van der Waals surface area contributed by atoms with Gasteiger partial charge in [0.25, 0.3) is 5.91 Å². The first-order valence-corrected chi connectivity index (χ1v) is 6.44. The molecule has 108 valence electrons. The molecule has 0 atom stereocenters. The largest absolute Gasteiger partial charge is 0.489 e. The maximum absolute atomic E-state index is 12.5. The molecule has 0 saturated heterocycles. The Morgan fingerprint density at radius 3 is 2.81 bits per heavy atom. The van der Waals surface area contributed by atoms with Crippen LogP contribution in [0.4, 0.5) is 5.69 Å². The van der Waals surface area contributed by atoms with Crippen LogP contribution in [0.1, 0.15) is 26.5 Å². The Bertz CT molecular complexity index is 719. The number of aromatic carboxylic acids is 1. The number of carboxylic acid groups (broad SMARTS) is 1. The molecule has 21 heavy (non-hydrogen) atoms. The molecule has 1 aromatic carbocycles. The highest BCUT2D eigenvalue weighted by atomic mass is 16.5. The third-order valence-corrected chi connectivity index (χ3v) is 3.30. The number of carbonyl (C=O) groups excluding carboxylic acids is 1. The molecule has 0 unspecified atom stereocenters. The van der Waals surface area contributed by atoms with Gasteiger partial charge in [0.05, 0.1) is 17.8 Å². The second-order valence-corrected chi connectivity index (χ2v) is 4.71. The zero-order valence-corrected chi connectivity index (χ0v) is 11.3. The Kier molecular flexibility index (Phi) is 3.13. The Labute approximate surface area is 120 Å². The van der Waals surface area contributed by atoms with Crippen LogP contribution in [0.15, 0.2) is 34.9 Å². The summed E-state index contributed by atoms with van der Waals surface area (Å²) in [7, 11) is 0. The number of benzene rings is 1. The molecular weight excluding hydrogens is 274 g/mol. The lowest BCUT2D eigenvalue weighted by Crippen LogP contribution is -2.38. The number of aryl methyl sites for hydroxylation is 1. The van der Waals surface area contributed by atoms with Crippen LogP contribution < -0.4 is 9.64 Å². The molecule has 0 saturated carbocycles. The summed E-state index contributed by atoms with van der Waals surface area (Å²) in [4.78, 5) is 25.3. The minimum Gasteiger partial charge on any atom is -0.489 e. The summed E-state index contributed by atoms with van der Waals surface area (Å²) in [6, 6.07) is 6.37. The predicted molar refractivity (Wildman–Crippen MR) is 74.0 cm³/mol. The number of ether oxygens (including phenoxy) is 1. The van der Waals surface area contributed by atoms with Crippen molar-refractivity contribution in [1.29, 1.82) is 0 Å². The van der Waals surface area contributed by atoms with Crippen LogP contribution >= 0.6 is 0 Å². The smallest absolute Gasteiger partial charge is 0.339 e. The van der Waals surface area contributed by atoms with Gasteiger partial charge in [-0.3, -0.25) is 4.79 Å². The van der Waals surface area contributed by atoms with E-state index in [0.29, 0.717) is 23.6 Å². The summed E-state index contributed by atoms with van der Waals surface area (Å²) in [5.74, 6) is -0.449. The third-order valence-electron chi connectivity index (χ3n) is 3.30. The molecule has 1 N–H and O–H groups in total. The number of furan rings is 1. The average molecular weight is 287 g/mol. The standard InChI is InChI=1S/C15H13NO5/c1-9-7-10(8-21-9)14(17)16-5-6-20-13-11(15(18)19)3-2-4-12(13)16/h2-4,7-8H,5-6H2,1H3,(H,18,19). The maximum atomic E-state index is 12.5. The minimum atomic E-state index is -1.08. The SMILES string of the molecule is Cc1cc(C(=O)N2CCOc3c(C(=O)O)cccc32)co1. The fourth-order valence-electron chi connectivity index (χ4n) is 2.34. The van der Waals surface area contributed by atoms with Crippen molar-refractivity contribution in [3.05, 3.63) is 47.4 Å². The Morgan fingerprint density at radius 2 is 2.14 bits per heavy atom. The van der Waals surface area contributed by atoms with Gasteiger partial charge in [-0.25, -0.2) is 4.79 Å². The van der Waals surface area contributed by atoms with E-state index in [-0.39, 0.29) is 23.8 Å². The summed E-state index contributed by atoms with van der Waals surface area (Å²) in [6.07, 6.45) is 1.40. The van der Waals surface area contributed by atoms with Crippen LogP contribution in [0.2, 0.25) is 0 Å². The molecule has 0 bridgehead atoms. The first-order valence-electron chi connectivity index (χ1n) is 6.44. The zero-order chi connectivity index (χ0) is 15.0. The van der Waals surface area contributed by atoms with Crippen molar-refractivity contribution in [1.82, 2.24) is 0 Å². The number of hydrogen-bond donors (Lipinski definition) is 1. The number of anilines is 1. The van der Waals surface area contributed by atoms with E-state index in [1.165, 1.54) is 17.2 Å². The van der Waals surface area contributed by atoms with Crippen LogP contribution in [-0.2, 0) is 0 Å². The van der Waals surface area contributed by atoms with Crippen LogP contribution in [0, 0.1) is 6.92 Å². The normalized spacial score (nSPS) is 13.5. The average Bonchev–Trinajstić information content (AvgIpc) is 2.91. The van der Waals surface area contributed by atoms with E-state index in [0.717, 1.165) is 0 Å². The number of amides is 1. The van der Waals surface area contributed by atoms with Gasteiger partial charge in [0.15, 0.2) is 5.75 Å². The van der Waals surface area contributed by atoms with Crippen LogP contribution in [0.3, 0.4) is 0 Å². The van der Waals surface area contributed by atoms with Gasteiger partial charge in [-0.15, -0.1) is 0 Å². The van der Waals surface area contributed by atoms with Gasteiger partial charge in [-0.1, -0.05) is 6.07 Å². The quantitative estimate of drug-likeness (QED) is 0.916. The number of fused-ring (bicyclic) bond motifs is 1. The van der Waals surface area contributed by atoms with Crippen LogP contribution in [0.5, 0.6) is 5.75 Å². The van der Waals surface area contributed by atoms with Gasteiger partial charge in [0.1, 0.15) is 24.2 Å². The zero-order valence-electron chi connectivity index (χ0n) is 11.3. The van der Waals surface area contributed by atoms with E-state index < -0.39 is 5.97 Å². The molecule has 6 heteroatoms. The van der Waals surface area contributed by atoms with Crippen molar-refractivity contribution in [2.24, 2.45) is 0 Å². The fourth-order valence-corrected chi connectivity index (χ4v) is 2.34. The number of hydrogen-bond acceptors (Lipinski definition) is 4. The number of carboxylic acids is 1. The second-order valence-electron chi connectivity index (χ2n) is 4.71. The molecule has 1 aliphatic heterocycles. The molecule has 0 fully saturated rings. The maximum Gasteiger partial charge on any atom is 0.339 e. The van der Waals surface area contributed by atoms with Gasteiger partial charge in [0, 0.05) is 0 Å². The molecule has 0 aliphatic carbocycles. The van der Waals surface area contributed by atoms with E-state index in [1.807, 2.05) is 0 Å². The molecule has 3 rings (SSSR count).